The lowest BCUT2D eigenvalue weighted by Crippen LogP contribution is -2.34. The summed E-state index contributed by atoms with van der Waals surface area (Å²) in [6.07, 6.45) is 0. The van der Waals surface area contributed by atoms with Gasteiger partial charge >= 0.3 is 0 Å². The van der Waals surface area contributed by atoms with Gasteiger partial charge in [-0.25, -0.2) is 0 Å². The number of methoxy groups -OCH3 is 1. The van der Waals surface area contributed by atoms with Gasteiger partial charge in [0.1, 0.15) is 5.75 Å². The second-order valence-electron chi connectivity index (χ2n) is 6.09. The molecule has 18 heavy (non-hydrogen) atoms. The Labute approximate surface area is 112 Å². The monoisotopic (exact) mass is 249 g/mol. The smallest absolute Gasteiger partial charge is 0.122 e. The molecule has 102 valence electrons. The molecule has 0 aliphatic rings. The summed E-state index contributed by atoms with van der Waals surface area (Å²) in [5, 5.41) is 3.53. The van der Waals surface area contributed by atoms with E-state index >= 15 is 0 Å². The first kappa shape index (κ1) is 15.0. The lowest BCUT2D eigenvalue weighted by Gasteiger charge is -2.27. The predicted octanol–water partition coefficient (Wildman–Crippen LogP) is 3.53. The van der Waals surface area contributed by atoms with E-state index in [-0.39, 0.29) is 5.41 Å². The van der Waals surface area contributed by atoms with E-state index < -0.39 is 0 Å². The van der Waals surface area contributed by atoms with Gasteiger partial charge in [0.15, 0.2) is 0 Å². The first-order valence-electron chi connectivity index (χ1n) is 6.72. The third-order valence-corrected chi connectivity index (χ3v) is 3.31. The van der Waals surface area contributed by atoms with E-state index in [0.29, 0.717) is 5.92 Å². The molecule has 0 aromatic heterocycles. The summed E-state index contributed by atoms with van der Waals surface area (Å²) in [5.41, 5.74) is 2.63. The highest BCUT2D eigenvalue weighted by Gasteiger charge is 2.21. The minimum atomic E-state index is 0.121. The van der Waals surface area contributed by atoms with Crippen LogP contribution < -0.4 is 10.1 Å². The molecular formula is C16H27NO. The molecule has 0 saturated carbocycles. The van der Waals surface area contributed by atoms with Gasteiger partial charge in [-0.2, -0.15) is 0 Å². The van der Waals surface area contributed by atoms with E-state index in [4.69, 9.17) is 4.74 Å². The summed E-state index contributed by atoms with van der Waals surface area (Å²) < 4.78 is 5.40. The normalized spacial score (nSPS) is 11.9. The van der Waals surface area contributed by atoms with Crippen molar-refractivity contribution in [2.24, 2.45) is 5.92 Å². The molecular weight excluding hydrogens is 222 g/mol. The maximum Gasteiger partial charge on any atom is 0.122 e. The summed E-state index contributed by atoms with van der Waals surface area (Å²) in [6.45, 7) is 13.1. The second kappa shape index (κ2) is 6.24. The second-order valence-corrected chi connectivity index (χ2v) is 6.09. The third-order valence-electron chi connectivity index (χ3n) is 3.31. The van der Waals surface area contributed by atoms with Crippen LogP contribution >= 0.6 is 0 Å². The van der Waals surface area contributed by atoms with Gasteiger partial charge in [-0.15, -0.1) is 0 Å². The molecule has 0 bridgehead atoms. The number of rotatable bonds is 6. The Morgan fingerprint density at radius 3 is 2.50 bits per heavy atom. The molecule has 0 unspecified atom stereocenters. The van der Waals surface area contributed by atoms with Crippen LogP contribution in [0.4, 0.5) is 0 Å². The molecule has 0 saturated heterocycles. The van der Waals surface area contributed by atoms with Crippen molar-refractivity contribution in [3.05, 3.63) is 29.3 Å². The average Bonchev–Trinajstić information content (AvgIpc) is 2.28. The van der Waals surface area contributed by atoms with Crippen LogP contribution in [0.25, 0.3) is 0 Å². The van der Waals surface area contributed by atoms with E-state index in [1.807, 2.05) is 0 Å². The van der Waals surface area contributed by atoms with Gasteiger partial charge in [-0.1, -0.05) is 39.8 Å². The fourth-order valence-corrected chi connectivity index (χ4v) is 2.02. The van der Waals surface area contributed by atoms with Gasteiger partial charge in [-0.05, 0) is 36.6 Å². The minimum Gasteiger partial charge on any atom is -0.496 e. The third kappa shape index (κ3) is 4.02. The molecule has 0 heterocycles. The number of benzene rings is 1. The molecule has 2 heteroatoms. The molecule has 1 aromatic carbocycles. The zero-order chi connectivity index (χ0) is 13.8. The Morgan fingerprint density at radius 2 is 1.94 bits per heavy atom. The van der Waals surface area contributed by atoms with Crippen LogP contribution in [0.2, 0.25) is 0 Å². The van der Waals surface area contributed by atoms with Crippen LogP contribution in [0.3, 0.4) is 0 Å². The summed E-state index contributed by atoms with van der Waals surface area (Å²) in [7, 11) is 1.73. The summed E-state index contributed by atoms with van der Waals surface area (Å²) in [6, 6.07) is 6.50. The quantitative estimate of drug-likeness (QED) is 0.833. The van der Waals surface area contributed by atoms with Crippen molar-refractivity contribution in [1.29, 1.82) is 0 Å². The Balaban J connectivity index is 2.77. The first-order chi connectivity index (χ1) is 8.36. The fourth-order valence-electron chi connectivity index (χ4n) is 2.02. The molecule has 0 radical (unpaired) electrons. The first-order valence-corrected chi connectivity index (χ1v) is 6.72. The van der Waals surface area contributed by atoms with E-state index in [0.717, 1.165) is 18.8 Å². The number of hydrogen-bond donors (Lipinski definition) is 1. The highest BCUT2D eigenvalue weighted by atomic mass is 16.5. The summed E-state index contributed by atoms with van der Waals surface area (Å²) in [5.74, 6) is 1.66. The lowest BCUT2D eigenvalue weighted by molar-refractivity contribution is 0.405. The van der Waals surface area contributed by atoms with Gasteiger partial charge in [0.2, 0.25) is 0 Å². The molecule has 0 atom stereocenters. The van der Waals surface area contributed by atoms with Gasteiger partial charge < -0.3 is 10.1 Å². The standard InChI is InChI=1S/C16H27NO/c1-12(2)10-17-11-16(4,5)14-8-7-13(3)15(9-14)18-6/h7-9,12,17H,10-11H2,1-6H3. The van der Waals surface area contributed by atoms with Crippen LogP contribution in [0.5, 0.6) is 5.75 Å². The van der Waals surface area contributed by atoms with Crippen LogP contribution in [0.15, 0.2) is 18.2 Å². The van der Waals surface area contributed by atoms with Crippen molar-refractivity contribution in [1.82, 2.24) is 5.32 Å². The van der Waals surface area contributed by atoms with Crippen LogP contribution in [0, 0.1) is 12.8 Å². The largest absolute Gasteiger partial charge is 0.496 e. The molecule has 1 aromatic rings. The van der Waals surface area contributed by atoms with Gasteiger partial charge in [0.05, 0.1) is 7.11 Å². The van der Waals surface area contributed by atoms with Crippen molar-refractivity contribution in [2.45, 2.75) is 40.0 Å². The maximum absolute atomic E-state index is 5.40. The van der Waals surface area contributed by atoms with E-state index in [2.05, 4.69) is 58.1 Å². The topological polar surface area (TPSA) is 21.3 Å². The Hall–Kier alpha value is -1.02. The number of nitrogens with one attached hydrogen (secondary N) is 1. The maximum atomic E-state index is 5.40. The minimum absolute atomic E-state index is 0.121. The van der Waals surface area contributed by atoms with Crippen molar-refractivity contribution in [3.8, 4) is 5.75 Å². The summed E-state index contributed by atoms with van der Waals surface area (Å²) in [4.78, 5) is 0. The Kier molecular flexibility index (Phi) is 5.21. The van der Waals surface area contributed by atoms with Crippen molar-refractivity contribution in [3.63, 3.8) is 0 Å². The number of ether oxygens (including phenoxy) is 1. The van der Waals surface area contributed by atoms with Crippen molar-refractivity contribution in [2.75, 3.05) is 20.2 Å². The van der Waals surface area contributed by atoms with E-state index in [9.17, 15) is 0 Å². The number of aryl methyl sites for hydroxylation is 1. The number of hydrogen-bond acceptors (Lipinski definition) is 2. The van der Waals surface area contributed by atoms with Crippen LogP contribution in [-0.4, -0.2) is 20.2 Å². The molecule has 0 aliphatic carbocycles. The van der Waals surface area contributed by atoms with Crippen molar-refractivity contribution >= 4 is 0 Å². The predicted molar refractivity (Wildman–Crippen MR) is 78.5 cm³/mol. The van der Waals surface area contributed by atoms with Crippen LogP contribution in [-0.2, 0) is 5.41 Å². The highest BCUT2D eigenvalue weighted by Crippen LogP contribution is 2.28. The Morgan fingerprint density at radius 1 is 1.28 bits per heavy atom. The van der Waals surface area contributed by atoms with E-state index in [1.165, 1.54) is 11.1 Å². The fraction of sp³-hybridized carbons (Fsp3) is 0.625. The van der Waals surface area contributed by atoms with E-state index in [1.54, 1.807) is 7.11 Å². The molecule has 0 spiro atoms. The van der Waals surface area contributed by atoms with Crippen LogP contribution in [0.1, 0.15) is 38.8 Å². The van der Waals surface area contributed by atoms with Gasteiger partial charge in [-0.3, -0.25) is 0 Å². The van der Waals surface area contributed by atoms with Crippen molar-refractivity contribution < 1.29 is 4.74 Å². The average molecular weight is 249 g/mol. The molecule has 1 N–H and O–H groups in total. The highest BCUT2D eigenvalue weighted by molar-refractivity contribution is 5.39. The zero-order valence-corrected chi connectivity index (χ0v) is 12.6. The Bertz CT molecular complexity index is 383. The van der Waals surface area contributed by atoms with Gasteiger partial charge in [0.25, 0.3) is 0 Å². The lowest BCUT2D eigenvalue weighted by atomic mass is 9.84. The molecule has 2 nitrogen and oxygen atoms in total. The molecule has 1 rings (SSSR count). The molecule has 0 amide bonds. The van der Waals surface area contributed by atoms with Gasteiger partial charge in [0, 0.05) is 12.0 Å². The molecule has 0 fully saturated rings. The zero-order valence-electron chi connectivity index (χ0n) is 12.6. The molecule has 0 aliphatic heterocycles. The SMILES string of the molecule is COc1cc(C(C)(C)CNCC(C)C)ccc1C. The summed E-state index contributed by atoms with van der Waals surface area (Å²) >= 11 is 0.